The van der Waals surface area contributed by atoms with E-state index in [1.165, 1.54) is 21.0 Å². The molecule has 10 heteroatoms. The molecule has 0 aromatic carbocycles. The van der Waals surface area contributed by atoms with Crippen molar-refractivity contribution in [1.82, 2.24) is 0 Å². The fourth-order valence-corrected chi connectivity index (χ4v) is 11.0. The first-order valence-corrected chi connectivity index (χ1v) is 17.0. The zero-order chi connectivity index (χ0) is 31.5. The SMILES string of the molecule is COC(=O)CCC(C)C1CC[C@H]2[C@@H]3[C@H](OC(C)=O)C[C@@H]4CC5(CC[C@]4(C)[C@H]3C[C@H](OC(C)=O)[C@]12C)OOC1(CCCC1)OO5. The second-order valence-corrected chi connectivity index (χ2v) is 15.4. The van der Waals surface area contributed by atoms with Gasteiger partial charge in [-0.3, -0.25) is 14.4 Å². The maximum Gasteiger partial charge on any atom is 0.305 e. The second-order valence-electron chi connectivity index (χ2n) is 15.4. The minimum Gasteiger partial charge on any atom is -0.469 e. The van der Waals surface area contributed by atoms with Gasteiger partial charge in [0.15, 0.2) is 0 Å². The summed E-state index contributed by atoms with van der Waals surface area (Å²) >= 11 is 0. The quantitative estimate of drug-likeness (QED) is 0.193. The van der Waals surface area contributed by atoms with Crippen LogP contribution in [0.5, 0.6) is 0 Å². The number of ether oxygens (including phenoxy) is 3. The molecule has 0 aromatic heterocycles. The molecule has 1 aliphatic heterocycles. The molecule has 6 fully saturated rings. The zero-order valence-electron chi connectivity index (χ0n) is 27.4. The smallest absolute Gasteiger partial charge is 0.305 e. The molecular formula is C34H52O10. The third kappa shape index (κ3) is 5.39. The molecule has 10 atom stereocenters. The molecule has 6 aliphatic rings. The summed E-state index contributed by atoms with van der Waals surface area (Å²) in [5, 5.41) is 0. The van der Waals surface area contributed by atoms with E-state index in [1.54, 1.807) is 0 Å². The van der Waals surface area contributed by atoms with Crippen molar-refractivity contribution in [2.45, 2.75) is 142 Å². The lowest BCUT2D eigenvalue weighted by Gasteiger charge is -2.65. The number of methoxy groups -OCH3 is 1. The van der Waals surface area contributed by atoms with E-state index in [0.29, 0.717) is 32.1 Å². The van der Waals surface area contributed by atoms with Crippen LogP contribution in [0.2, 0.25) is 0 Å². The van der Waals surface area contributed by atoms with Crippen LogP contribution in [-0.2, 0) is 48.1 Å². The van der Waals surface area contributed by atoms with Crippen LogP contribution >= 0.6 is 0 Å². The molecule has 1 saturated heterocycles. The molecule has 0 aromatic rings. The van der Waals surface area contributed by atoms with E-state index in [9.17, 15) is 14.4 Å². The Morgan fingerprint density at radius 1 is 0.841 bits per heavy atom. The Hall–Kier alpha value is -1.75. The number of hydrogen-bond donors (Lipinski definition) is 0. The van der Waals surface area contributed by atoms with Gasteiger partial charge in [-0.05, 0) is 86.4 Å². The van der Waals surface area contributed by atoms with E-state index >= 15 is 0 Å². The lowest BCUT2D eigenvalue weighted by molar-refractivity contribution is -0.661. The van der Waals surface area contributed by atoms with Gasteiger partial charge in [0.1, 0.15) is 12.2 Å². The first-order valence-electron chi connectivity index (χ1n) is 17.0. The number of hydrogen-bond acceptors (Lipinski definition) is 10. The van der Waals surface area contributed by atoms with Crippen molar-refractivity contribution in [3.8, 4) is 0 Å². The predicted molar refractivity (Wildman–Crippen MR) is 156 cm³/mol. The molecule has 1 heterocycles. The Morgan fingerprint density at radius 2 is 1.50 bits per heavy atom. The fourth-order valence-electron chi connectivity index (χ4n) is 11.0. The lowest BCUT2D eigenvalue weighted by Crippen LogP contribution is -2.65. The summed E-state index contributed by atoms with van der Waals surface area (Å²) in [6, 6.07) is 0. The maximum absolute atomic E-state index is 12.6. The average molecular weight is 621 g/mol. The molecule has 44 heavy (non-hydrogen) atoms. The molecule has 2 spiro atoms. The minimum atomic E-state index is -0.988. The number of carbonyl (C=O) groups is 3. The summed E-state index contributed by atoms with van der Waals surface area (Å²) in [6.07, 6.45) is 9.53. The van der Waals surface area contributed by atoms with Gasteiger partial charge in [-0.15, -0.1) is 0 Å². The highest BCUT2D eigenvalue weighted by Gasteiger charge is 2.69. The first-order chi connectivity index (χ1) is 20.8. The molecule has 5 saturated carbocycles. The van der Waals surface area contributed by atoms with Crippen LogP contribution in [0.25, 0.3) is 0 Å². The van der Waals surface area contributed by atoms with Crippen molar-refractivity contribution in [2.75, 3.05) is 7.11 Å². The van der Waals surface area contributed by atoms with E-state index < -0.39 is 11.6 Å². The van der Waals surface area contributed by atoms with Gasteiger partial charge in [0, 0.05) is 57.3 Å². The van der Waals surface area contributed by atoms with Gasteiger partial charge in [-0.2, -0.15) is 19.6 Å². The Morgan fingerprint density at radius 3 is 2.14 bits per heavy atom. The van der Waals surface area contributed by atoms with Gasteiger partial charge >= 0.3 is 17.9 Å². The highest BCUT2D eigenvalue weighted by Crippen LogP contribution is 2.70. The van der Waals surface area contributed by atoms with E-state index in [-0.39, 0.29) is 76.5 Å². The fraction of sp³-hybridized carbons (Fsp3) is 0.912. The van der Waals surface area contributed by atoms with Crippen LogP contribution in [0.4, 0.5) is 0 Å². The third-order valence-corrected chi connectivity index (χ3v) is 13.2. The van der Waals surface area contributed by atoms with Crippen LogP contribution in [0.3, 0.4) is 0 Å². The molecule has 2 unspecified atom stereocenters. The van der Waals surface area contributed by atoms with Crippen molar-refractivity contribution >= 4 is 17.9 Å². The van der Waals surface area contributed by atoms with Crippen molar-refractivity contribution in [1.29, 1.82) is 0 Å². The molecule has 0 N–H and O–H groups in total. The Bertz CT molecular complexity index is 1110. The lowest BCUT2D eigenvalue weighted by atomic mass is 9.42. The molecule has 0 radical (unpaired) electrons. The molecule has 0 amide bonds. The van der Waals surface area contributed by atoms with Gasteiger partial charge in [0.05, 0.1) is 7.11 Å². The monoisotopic (exact) mass is 620 g/mol. The topological polar surface area (TPSA) is 116 Å². The summed E-state index contributed by atoms with van der Waals surface area (Å²) in [5.74, 6) is -1.35. The normalized spacial score (nSPS) is 42.5. The van der Waals surface area contributed by atoms with Gasteiger partial charge in [0.2, 0.25) is 11.6 Å². The molecule has 5 aliphatic carbocycles. The van der Waals surface area contributed by atoms with Crippen molar-refractivity contribution < 1.29 is 48.1 Å². The highest BCUT2D eigenvalue weighted by atomic mass is 17.4. The van der Waals surface area contributed by atoms with Gasteiger partial charge in [-0.1, -0.05) is 20.8 Å². The number of esters is 3. The number of rotatable bonds is 6. The molecule has 248 valence electrons. The average Bonchev–Trinajstić information content (AvgIpc) is 3.59. The minimum absolute atomic E-state index is 0.101. The summed E-state index contributed by atoms with van der Waals surface area (Å²) in [6.45, 7) is 9.87. The molecule has 6 rings (SSSR count). The Kier molecular flexibility index (Phi) is 8.64. The maximum atomic E-state index is 12.6. The van der Waals surface area contributed by atoms with Gasteiger partial charge in [0.25, 0.3) is 0 Å². The number of carbonyl (C=O) groups excluding carboxylic acids is 3. The van der Waals surface area contributed by atoms with Gasteiger partial charge < -0.3 is 14.2 Å². The standard InChI is InChI=1S/C34H52O10/c1-20(9-12-29(37)38-6)24-10-11-25-30-26(18-28(32(24,25)5)40-22(3)36)31(4)15-16-34(19-23(31)17-27(30)39-21(2)35)43-41-33(42-44-34)13-7-8-14-33/h20,23-28,30H,7-19H2,1-6H3/t20?,23-,24?,25+,26+,27-,28+,30+,31+,32-/m1/s1. The Labute approximate surface area is 261 Å². The number of fused-ring (bicyclic) bond motifs is 5. The van der Waals surface area contributed by atoms with E-state index in [1.807, 2.05) is 0 Å². The first kappa shape index (κ1) is 32.2. The van der Waals surface area contributed by atoms with E-state index in [2.05, 4.69) is 20.8 Å². The van der Waals surface area contributed by atoms with Crippen LogP contribution in [0, 0.1) is 46.3 Å². The Balaban J connectivity index is 1.29. The van der Waals surface area contributed by atoms with E-state index in [0.717, 1.165) is 51.4 Å². The summed E-state index contributed by atoms with van der Waals surface area (Å²) in [5.41, 5.74) is -0.400. The van der Waals surface area contributed by atoms with Crippen LogP contribution in [-0.4, -0.2) is 48.8 Å². The largest absolute Gasteiger partial charge is 0.469 e. The highest BCUT2D eigenvalue weighted by molar-refractivity contribution is 5.69. The van der Waals surface area contributed by atoms with Crippen molar-refractivity contribution in [3.05, 3.63) is 0 Å². The predicted octanol–water partition coefficient (Wildman–Crippen LogP) is 6.19. The van der Waals surface area contributed by atoms with Crippen LogP contribution < -0.4 is 0 Å². The summed E-state index contributed by atoms with van der Waals surface area (Å²) in [4.78, 5) is 61.2. The summed E-state index contributed by atoms with van der Waals surface area (Å²) < 4.78 is 17.4. The second kappa shape index (κ2) is 11.8. The van der Waals surface area contributed by atoms with Crippen LogP contribution in [0.1, 0.15) is 118 Å². The van der Waals surface area contributed by atoms with E-state index in [4.69, 9.17) is 33.8 Å². The zero-order valence-corrected chi connectivity index (χ0v) is 27.4. The molecule has 0 bridgehead atoms. The van der Waals surface area contributed by atoms with Crippen molar-refractivity contribution in [2.24, 2.45) is 46.3 Å². The molecular weight excluding hydrogens is 568 g/mol. The van der Waals surface area contributed by atoms with Gasteiger partial charge in [-0.25, -0.2) is 0 Å². The van der Waals surface area contributed by atoms with Crippen molar-refractivity contribution in [3.63, 3.8) is 0 Å². The van der Waals surface area contributed by atoms with Crippen LogP contribution in [0.15, 0.2) is 0 Å². The third-order valence-electron chi connectivity index (χ3n) is 13.2. The summed E-state index contributed by atoms with van der Waals surface area (Å²) in [7, 11) is 1.43. The molecule has 10 nitrogen and oxygen atoms in total.